The van der Waals surface area contributed by atoms with Crippen LogP contribution in [0.3, 0.4) is 0 Å². The lowest BCUT2D eigenvalue weighted by Crippen LogP contribution is -2.04. The van der Waals surface area contributed by atoms with Crippen molar-refractivity contribution in [2.24, 2.45) is 0 Å². The average Bonchev–Trinajstić information content (AvgIpc) is 2.13. The van der Waals surface area contributed by atoms with Crippen LogP contribution in [0.4, 0.5) is 4.39 Å². The minimum atomic E-state index is -0.373. The maximum absolute atomic E-state index is 13.2. The molecule has 0 saturated carbocycles. The SMILES string of the molecule is CCOCOc1[c]ccc(C)c1F. The molecule has 1 aromatic rings. The van der Waals surface area contributed by atoms with Crippen molar-refractivity contribution in [2.45, 2.75) is 13.8 Å². The molecule has 0 heterocycles. The highest BCUT2D eigenvalue weighted by Gasteiger charge is 2.05. The molecule has 1 aromatic carbocycles. The largest absolute Gasteiger partial charge is 0.464 e. The first-order chi connectivity index (χ1) is 6.25. The molecule has 0 saturated heterocycles. The van der Waals surface area contributed by atoms with Crippen molar-refractivity contribution >= 4 is 0 Å². The summed E-state index contributed by atoms with van der Waals surface area (Å²) in [5.41, 5.74) is 0.547. The van der Waals surface area contributed by atoms with Crippen LogP contribution in [0.25, 0.3) is 0 Å². The Bertz CT molecular complexity index is 274. The second kappa shape index (κ2) is 4.82. The van der Waals surface area contributed by atoms with E-state index >= 15 is 0 Å². The van der Waals surface area contributed by atoms with E-state index in [-0.39, 0.29) is 18.4 Å². The molecule has 0 aliphatic heterocycles. The van der Waals surface area contributed by atoms with Crippen molar-refractivity contribution < 1.29 is 13.9 Å². The third-order valence-electron chi connectivity index (χ3n) is 1.58. The van der Waals surface area contributed by atoms with Gasteiger partial charge in [-0.05, 0) is 19.4 Å². The number of aryl methyl sites for hydroxylation is 1. The second-order valence-corrected chi connectivity index (χ2v) is 2.56. The highest BCUT2D eigenvalue weighted by molar-refractivity contribution is 5.28. The molecule has 0 aliphatic carbocycles. The normalized spacial score (nSPS) is 10.1. The van der Waals surface area contributed by atoms with E-state index in [9.17, 15) is 4.39 Å². The van der Waals surface area contributed by atoms with Gasteiger partial charge in [0.25, 0.3) is 0 Å². The van der Waals surface area contributed by atoms with E-state index in [1.165, 1.54) is 0 Å². The van der Waals surface area contributed by atoms with Crippen molar-refractivity contribution in [1.29, 1.82) is 0 Å². The minimum Gasteiger partial charge on any atom is -0.464 e. The summed E-state index contributed by atoms with van der Waals surface area (Å²) in [7, 11) is 0. The Kier molecular flexibility index (Phi) is 3.71. The van der Waals surface area contributed by atoms with Gasteiger partial charge in [0.2, 0.25) is 0 Å². The molecule has 0 bridgehead atoms. The molecule has 71 valence electrons. The Morgan fingerprint density at radius 2 is 2.31 bits per heavy atom. The van der Waals surface area contributed by atoms with Gasteiger partial charge in [-0.3, -0.25) is 0 Å². The minimum absolute atomic E-state index is 0.0629. The van der Waals surface area contributed by atoms with Gasteiger partial charge in [-0.25, -0.2) is 4.39 Å². The lowest BCUT2D eigenvalue weighted by Gasteiger charge is -2.07. The fourth-order valence-corrected chi connectivity index (χ4v) is 0.847. The zero-order valence-electron chi connectivity index (χ0n) is 7.76. The average molecular weight is 183 g/mol. The first-order valence-electron chi connectivity index (χ1n) is 4.13. The van der Waals surface area contributed by atoms with Crippen LogP contribution in [0, 0.1) is 18.8 Å². The maximum Gasteiger partial charge on any atom is 0.189 e. The summed E-state index contributed by atoms with van der Waals surface area (Å²) in [6.45, 7) is 4.14. The molecule has 0 aliphatic rings. The molecule has 0 atom stereocenters. The zero-order valence-corrected chi connectivity index (χ0v) is 7.76. The molecule has 1 radical (unpaired) electrons. The van der Waals surface area contributed by atoms with Crippen molar-refractivity contribution in [1.82, 2.24) is 0 Å². The highest BCUT2D eigenvalue weighted by Crippen LogP contribution is 2.18. The molecular formula is C10H12FO2. The van der Waals surface area contributed by atoms with Crippen molar-refractivity contribution in [3.05, 3.63) is 29.6 Å². The van der Waals surface area contributed by atoms with Gasteiger partial charge in [0.1, 0.15) is 0 Å². The molecule has 2 nitrogen and oxygen atoms in total. The fraction of sp³-hybridized carbons (Fsp3) is 0.400. The van der Waals surface area contributed by atoms with Crippen LogP contribution >= 0.6 is 0 Å². The Labute approximate surface area is 77.3 Å². The van der Waals surface area contributed by atoms with Gasteiger partial charge < -0.3 is 9.47 Å². The van der Waals surface area contributed by atoms with Gasteiger partial charge in [-0.2, -0.15) is 0 Å². The standard InChI is InChI=1S/C10H12FO2/c1-3-12-7-13-9-6-4-5-8(2)10(9)11/h4-5H,3,7H2,1-2H3. The summed E-state index contributed by atoms with van der Waals surface area (Å²) in [5.74, 6) is -0.254. The van der Waals surface area contributed by atoms with Crippen LogP contribution in [-0.2, 0) is 4.74 Å². The van der Waals surface area contributed by atoms with Crippen LogP contribution < -0.4 is 4.74 Å². The molecule has 1 rings (SSSR count). The van der Waals surface area contributed by atoms with E-state index in [2.05, 4.69) is 6.07 Å². The van der Waals surface area contributed by atoms with E-state index < -0.39 is 0 Å². The van der Waals surface area contributed by atoms with Crippen LogP contribution in [0.15, 0.2) is 12.1 Å². The van der Waals surface area contributed by atoms with E-state index in [0.29, 0.717) is 12.2 Å². The van der Waals surface area contributed by atoms with E-state index in [0.717, 1.165) is 0 Å². The van der Waals surface area contributed by atoms with Crippen LogP contribution in [-0.4, -0.2) is 13.4 Å². The Morgan fingerprint density at radius 3 is 3.00 bits per heavy atom. The van der Waals surface area contributed by atoms with Crippen molar-refractivity contribution in [3.63, 3.8) is 0 Å². The number of benzene rings is 1. The van der Waals surface area contributed by atoms with Gasteiger partial charge in [0.15, 0.2) is 18.4 Å². The van der Waals surface area contributed by atoms with Crippen molar-refractivity contribution in [2.75, 3.05) is 13.4 Å². The highest BCUT2D eigenvalue weighted by atomic mass is 19.1. The van der Waals surface area contributed by atoms with Gasteiger partial charge >= 0.3 is 0 Å². The number of halogens is 1. The zero-order chi connectivity index (χ0) is 9.68. The molecule has 3 heteroatoms. The summed E-state index contributed by atoms with van der Waals surface area (Å²) < 4.78 is 23.1. The number of hydrogen-bond donors (Lipinski definition) is 0. The second-order valence-electron chi connectivity index (χ2n) is 2.56. The Balaban J connectivity index is 2.61. The quantitative estimate of drug-likeness (QED) is 0.526. The molecule has 0 amide bonds. The van der Waals surface area contributed by atoms with E-state index in [4.69, 9.17) is 9.47 Å². The topological polar surface area (TPSA) is 18.5 Å². The van der Waals surface area contributed by atoms with Crippen LogP contribution in [0.5, 0.6) is 5.75 Å². The smallest absolute Gasteiger partial charge is 0.189 e. The maximum atomic E-state index is 13.2. The molecule has 0 spiro atoms. The summed E-state index contributed by atoms with van der Waals surface area (Å²) in [6.07, 6.45) is 0. The van der Waals surface area contributed by atoms with Crippen LogP contribution in [0.1, 0.15) is 12.5 Å². The molecule has 13 heavy (non-hydrogen) atoms. The summed E-state index contributed by atoms with van der Waals surface area (Å²) >= 11 is 0. The summed E-state index contributed by atoms with van der Waals surface area (Å²) in [4.78, 5) is 0. The molecule has 0 N–H and O–H groups in total. The molecule has 0 fully saturated rings. The third-order valence-corrected chi connectivity index (χ3v) is 1.58. The lowest BCUT2D eigenvalue weighted by molar-refractivity contribution is 0.0199. The first kappa shape index (κ1) is 9.99. The van der Waals surface area contributed by atoms with Gasteiger partial charge in [0.05, 0.1) is 0 Å². The monoisotopic (exact) mass is 183 g/mol. The van der Waals surface area contributed by atoms with Crippen molar-refractivity contribution in [3.8, 4) is 5.75 Å². The predicted molar refractivity (Wildman–Crippen MR) is 47.1 cm³/mol. The number of hydrogen-bond acceptors (Lipinski definition) is 2. The third kappa shape index (κ3) is 2.70. The molecule has 0 aromatic heterocycles. The summed E-state index contributed by atoms with van der Waals surface area (Å²) in [6, 6.07) is 5.93. The first-order valence-corrected chi connectivity index (χ1v) is 4.13. The Hall–Kier alpha value is -1.09. The summed E-state index contributed by atoms with van der Waals surface area (Å²) in [5, 5.41) is 0. The van der Waals surface area contributed by atoms with Gasteiger partial charge in [-0.15, -0.1) is 0 Å². The van der Waals surface area contributed by atoms with E-state index in [1.807, 2.05) is 6.92 Å². The predicted octanol–water partition coefficient (Wildman–Crippen LogP) is 2.31. The molecular weight excluding hydrogens is 171 g/mol. The Morgan fingerprint density at radius 1 is 1.54 bits per heavy atom. The number of ether oxygens (including phenoxy) is 2. The lowest BCUT2D eigenvalue weighted by atomic mass is 10.2. The fourth-order valence-electron chi connectivity index (χ4n) is 0.847. The van der Waals surface area contributed by atoms with Gasteiger partial charge in [-0.1, -0.05) is 12.1 Å². The molecule has 0 unspecified atom stereocenters. The van der Waals surface area contributed by atoms with Gasteiger partial charge in [0, 0.05) is 12.7 Å². The van der Waals surface area contributed by atoms with Crippen LogP contribution in [0.2, 0.25) is 0 Å². The van der Waals surface area contributed by atoms with E-state index in [1.54, 1.807) is 19.1 Å². The number of rotatable bonds is 4.